The zero-order chi connectivity index (χ0) is 11.0. The Kier molecular flexibility index (Phi) is 1.89. The van der Waals surface area contributed by atoms with Crippen molar-refractivity contribution in [2.75, 3.05) is 7.11 Å². The number of aromatic amines is 1. The van der Waals surface area contributed by atoms with Gasteiger partial charge in [-0.05, 0) is 12.1 Å². The van der Waals surface area contributed by atoms with E-state index in [1.807, 2.05) is 28.9 Å². The zero-order valence-corrected chi connectivity index (χ0v) is 8.71. The Hall–Kier alpha value is -2.30. The van der Waals surface area contributed by atoms with E-state index in [0.29, 0.717) is 0 Å². The monoisotopic (exact) mass is 214 g/mol. The summed E-state index contributed by atoms with van der Waals surface area (Å²) in [5.74, 6) is 0.721. The average Bonchev–Trinajstić information content (AvgIpc) is 2.94. The van der Waals surface area contributed by atoms with Crippen molar-refractivity contribution < 1.29 is 4.74 Å². The van der Waals surface area contributed by atoms with Crippen LogP contribution in [0.3, 0.4) is 0 Å². The van der Waals surface area contributed by atoms with Crippen LogP contribution in [0.25, 0.3) is 16.8 Å². The van der Waals surface area contributed by atoms with E-state index in [0.717, 1.165) is 22.5 Å². The first-order valence-electron chi connectivity index (χ1n) is 4.90. The molecule has 0 radical (unpaired) electrons. The lowest BCUT2D eigenvalue weighted by molar-refractivity contribution is 0.416. The molecule has 0 spiro atoms. The van der Waals surface area contributed by atoms with E-state index < -0.39 is 0 Å². The van der Waals surface area contributed by atoms with Gasteiger partial charge in [0.05, 0.1) is 25.0 Å². The fraction of sp³-hybridized carbons (Fsp3) is 0.0909. The highest BCUT2D eigenvalue weighted by Crippen LogP contribution is 2.29. The van der Waals surface area contributed by atoms with Gasteiger partial charge in [0.25, 0.3) is 0 Å². The molecule has 3 aromatic heterocycles. The van der Waals surface area contributed by atoms with Crippen LogP contribution < -0.4 is 4.74 Å². The SMILES string of the molecule is COc1cn[nH]c1-c1cnn2ccccc12. The predicted octanol–water partition coefficient (Wildman–Crippen LogP) is 1.73. The number of nitrogens with one attached hydrogen (secondary N) is 1. The van der Waals surface area contributed by atoms with Crippen LogP contribution in [0.4, 0.5) is 0 Å². The van der Waals surface area contributed by atoms with Crippen molar-refractivity contribution in [3.63, 3.8) is 0 Å². The normalized spacial score (nSPS) is 10.8. The van der Waals surface area contributed by atoms with Crippen LogP contribution in [0.1, 0.15) is 0 Å². The summed E-state index contributed by atoms with van der Waals surface area (Å²) in [6.07, 6.45) is 5.36. The number of rotatable bonds is 2. The van der Waals surface area contributed by atoms with Gasteiger partial charge in [-0.15, -0.1) is 0 Å². The minimum Gasteiger partial charge on any atom is -0.493 e. The van der Waals surface area contributed by atoms with Gasteiger partial charge in [-0.25, -0.2) is 4.52 Å². The van der Waals surface area contributed by atoms with Gasteiger partial charge in [-0.1, -0.05) is 6.07 Å². The highest BCUT2D eigenvalue weighted by molar-refractivity contribution is 5.80. The first-order chi connectivity index (χ1) is 7.90. The Labute approximate surface area is 91.7 Å². The maximum Gasteiger partial charge on any atom is 0.164 e. The van der Waals surface area contributed by atoms with Gasteiger partial charge in [-0.2, -0.15) is 10.2 Å². The van der Waals surface area contributed by atoms with Crippen molar-refractivity contribution in [3.05, 3.63) is 36.8 Å². The molecule has 0 aromatic carbocycles. The molecule has 0 bridgehead atoms. The molecule has 0 aliphatic rings. The molecular formula is C11H10N4O. The molecule has 3 aromatic rings. The molecule has 0 unspecified atom stereocenters. The summed E-state index contributed by atoms with van der Waals surface area (Å²) in [7, 11) is 1.63. The molecule has 0 amide bonds. The van der Waals surface area contributed by atoms with E-state index in [-0.39, 0.29) is 0 Å². The Morgan fingerprint density at radius 1 is 1.31 bits per heavy atom. The quantitative estimate of drug-likeness (QED) is 0.706. The molecule has 3 rings (SSSR count). The van der Waals surface area contributed by atoms with Crippen molar-refractivity contribution in [1.82, 2.24) is 19.8 Å². The molecule has 5 heteroatoms. The number of aromatic nitrogens is 4. The molecule has 1 N–H and O–H groups in total. The summed E-state index contributed by atoms with van der Waals surface area (Å²) < 4.78 is 7.04. The molecule has 0 aliphatic heterocycles. The molecule has 0 atom stereocenters. The number of nitrogens with zero attached hydrogens (tertiary/aromatic N) is 3. The number of H-pyrrole nitrogens is 1. The largest absolute Gasteiger partial charge is 0.493 e. The second-order valence-corrected chi connectivity index (χ2v) is 3.40. The lowest BCUT2D eigenvalue weighted by Crippen LogP contribution is -1.86. The average molecular weight is 214 g/mol. The van der Waals surface area contributed by atoms with Crippen LogP contribution in [-0.4, -0.2) is 26.9 Å². The smallest absolute Gasteiger partial charge is 0.164 e. The number of hydrogen-bond donors (Lipinski definition) is 1. The Bertz CT molecular complexity index is 625. The Morgan fingerprint density at radius 3 is 3.12 bits per heavy atom. The third kappa shape index (κ3) is 1.18. The van der Waals surface area contributed by atoms with Gasteiger partial charge < -0.3 is 4.74 Å². The molecule has 16 heavy (non-hydrogen) atoms. The van der Waals surface area contributed by atoms with Gasteiger partial charge in [0.2, 0.25) is 0 Å². The van der Waals surface area contributed by atoms with Crippen LogP contribution in [0, 0.1) is 0 Å². The zero-order valence-electron chi connectivity index (χ0n) is 8.71. The minimum atomic E-state index is 0.721. The number of methoxy groups -OCH3 is 1. The van der Waals surface area contributed by atoms with Crippen LogP contribution in [0.5, 0.6) is 5.75 Å². The second-order valence-electron chi connectivity index (χ2n) is 3.40. The van der Waals surface area contributed by atoms with Gasteiger partial charge in [0.1, 0.15) is 5.69 Å². The molecular weight excluding hydrogens is 204 g/mol. The van der Waals surface area contributed by atoms with Gasteiger partial charge >= 0.3 is 0 Å². The van der Waals surface area contributed by atoms with Crippen molar-refractivity contribution in [2.24, 2.45) is 0 Å². The molecule has 5 nitrogen and oxygen atoms in total. The third-order valence-corrected chi connectivity index (χ3v) is 2.52. The number of ether oxygens (including phenoxy) is 1. The van der Waals surface area contributed by atoms with Crippen molar-refractivity contribution in [1.29, 1.82) is 0 Å². The van der Waals surface area contributed by atoms with E-state index in [1.54, 1.807) is 19.5 Å². The van der Waals surface area contributed by atoms with E-state index in [2.05, 4.69) is 15.3 Å². The van der Waals surface area contributed by atoms with E-state index in [4.69, 9.17) is 4.74 Å². The van der Waals surface area contributed by atoms with Gasteiger partial charge in [-0.3, -0.25) is 5.10 Å². The van der Waals surface area contributed by atoms with Crippen LogP contribution in [-0.2, 0) is 0 Å². The maximum absolute atomic E-state index is 5.23. The minimum absolute atomic E-state index is 0.721. The molecule has 0 aliphatic carbocycles. The summed E-state index contributed by atoms with van der Waals surface area (Å²) >= 11 is 0. The summed E-state index contributed by atoms with van der Waals surface area (Å²) in [5, 5.41) is 11.2. The van der Waals surface area contributed by atoms with Gasteiger partial charge in [0, 0.05) is 11.8 Å². The predicted molar refractivity (Wildman–Crippen MR) is 59.3 cm³/mol. The third-order valence-electron chi connectivity index (χ3n) is 2.52. The number of fused-ring (bicyclic) bond motifs is 1. The molecule has 80 valence electrons. The summed E-state index contributed by atoms with van der Waals surface area (Å²) in [4.78, 5) is 0. The van der Waals surface area contributed by atoms with Crippen molar-refractivity contribution in [2.45, 2.75) is 0 Å². The van der Waals surface area contributed by atoms with E-state index >= 15 is 0 Å². The molecule has 0 saturated heterocycles. The number of pyridine rings is 1. The molecule has 0 fully saturated rings. The maximum atomic E-state index is 5.23. The lowest BCUT2D eigenvalue weighted by atomic mass is 10.2. The lowest BCUT2D eigenvalue weighted by Gasteiger charge is -1.99. The summed E-state index contributed by atoms with van der Waals surface area (Å²) in [5.41, 5.74) is 2.85. The molecule has 3 heterocycles. The van der Waals surface area contributed by atoms with E-state index in [1.165, 1.54) is 0 Å². The summed E-state index contributed by atoms with van der Waals surface area (Å²) in [6.45, 7) is 0. The molecule has 0 saturated carbocycles. The van der Waals surface area contributed by atoms with Crippen LogP contribution >= 0.6 is 0 Å². The Balaban J connectivity index is 2.26. The van der Waals surface area contributed by atoms with Gasteiger partial charge in [0.15, 0.2) is 5.75 Å². The first kappa shape index (κ1) is 8.96. The topological polar surface area (TPSA) is 55.2 Å². The fourth-order valence-corrected chi connectivity index (χ4v) is 1.75. The van der Waals surface area contributed by atoms with Crippen molar-refractivity contribution in [3.8, 4) is 17.0 Å². The highest BCUT2D eigenvalue weighted by atomic mass is 16.5. The number of hydrogen-bond acceptors (Lipinski definition) is 3. The fourth-order valence-electron chi connectivity index (χ4n) is 1.75. The van der Waals surface area contributed by atoms with E-state index in [9.17, 15) is 0 Å². The Morgan fingerprint density at radius 2 is 2.25 bits per heavy atom. The second kappa shape index (κ2) is 3.37. The van der Waals surface area contributed by atoms with Crippen LogP contribution in [0.15, 0.2) is 36.8 Å². The first-order valence-corrected chi connectivity index (χ1v) is 4.90. The van der Waals surface area contributed by atoms with Crippen LogP contribution in [0.2, 0.25) is 0 Å². The summed E-state index contributed by atoms with van der Waals surface area (Å²) in [6, 6.07) is 5.92. The highest BCUT2D eigenvalue weighted by Gasteiger charge is 2.12. The standard InChI is InChI=1S/C11H10N4O/c1-16-10-7-12-14-11(10)8-6-13-15-5-3-2-4-9(8)15/h2-7H,1H3,(H,12,14). The van der Waals surface area contributed by atoms with Crippen molar-refractivity contribution >= 4 is 5.52 Å².